The molecule has 2 atom stereocenters. The predicted molar refractivity (Wildman–Crippen MR) is 75.7 cm³/mol. The quantitative estimate of drug-likeness (QED) is 0.917. The Morgan fingerprint density at radius 1 is 1.20 bits per heavy atom. The molecular weight excluding hydrogens is 254 g/mol. The average Bonchev–Trinajstić information content (AvgIpc) is 3.15. The molecule has 1 aliphatic carbocycles. The zero-order chi connectivity index (χ0) is 13.9. The molecule has 1 aliphatic heterocycles. The van der Waals surface area contributed by atoms with Crippen molar-refractivity contribution < 1.29 is 9.26 Å². The van der Waals surface area contributed by atoms with E-state index in [0.29, 0.717) is 18.6 Å². The van der Waals surface area contributed by atoms with Crippen molar-refractivity contribution in [1.82, 2.24) is 15.5 Å². The highest BCUT2D eigenvalue weighted by Gasteiger charge is 2.34. The topological polar surface area (TPSA) is 60.2 Å². The first kappa shape index (κ1) is 14.0. The van der Waals surface area contributed by atoms with E-state index < -0.39 is 0 Å². The van der Waals surface area contributed by atoms with E-state index in [1.54, 1.807) is 0 Å². The minimum absolute atomic E-state index is 0.202. The van der Waals surface area contributed by atoms with Crippen molar-refractivity contribution in [3.05, 3.63) is 11.7 Å². The van der Waals surface area contributed by atoms with Crippen LogP contribution in [0.3, 0.4) is 0 Å². The lowest BCUT2D eigenvalue weighted by molar-refractivity contribution is 0.185. The lowest BCUT2D eigenvalue weighted by Crippen LogP contribution is -2.31. The fourth-order valence-corrected chi connectivity index (χ4v) is 3.47. The normalized spacial score (nSPS) is 34.5. The van der Waals surface area contributed by atoms with Crippen LogP contribution in [0.1, 0.15) is 62.6 Å². The predicted octanol–water partition coefficient (Wildman–Crippen LogP) is 2.46. The summed E-state index contributed by atoms with van der Waals surface area (Å²) >= 11 is 0. The molecule has 1 saturated heterocycles. The van der Waals surface area contributed by atoms with Crippen LogP contribution in [-0.4, -0.2) is 36.4 Å². The third kappa shape index (κ3) is 2.74. The molecule has 2 heterocycles. The van der Waals surface area contributed by atoms with Gasteiger partial charge in [-0.2, -0.15) is 4.98 Å². The molecule has 0 spiro atoms. The van der Waals surface area contributed by atoms with Crippen molar-refractivity contribution in [3.63, 3.8) is 0 Å². The van der Waals surface area contributed by atoms with E-state index in [1.165, 1.54) is 32.1 Å². The van der Waals surface area contributed by atoms with Crippen LogP contribution >= 0.6 is 0 Å². The molecule has 1 aromatic heterocycles. The zero-order valence-corrected chi connectivity index (χ0v) is 12.5. The number of ether oxygens (including phenoxy) is 1. The summed E-state index contributed by atoms with van der Waals surface area (Å²) in [5.41, 5.74) is 0. The van der Waals surface area contributed by atoms with E-state index in [2.05, 4.69) is 22.4 Å². The van der Waals surface area contributed by atoms with Gasteiger partial charge in [0, 0.05) is 12.0 Å². The van der Waals surface area contributed by atoms with Crippen LogP contribution in [0.25, 0.3) is 0 Å². The summed E-state index contributed by atoms with van der Waals surface area (Å²) in [6.07, 6.45) is 6.31. The van der Waals surface area contributed by atoms with Gasteiger partial charge >= 0.3 is 0 Å². The van der Waals surface area contributed by atoms with E-state index in [0.717, 1.165) is 24.2 Å². The first-order chi connectivity index (χ1) is 9.81. The molecule has 0 radical (unpaired) electrons. The number of hydrogen-bond donors (Lipinski definition) is 1. The van der Waals surface area contributed by atoms with Crippen LogP contribution in [0, 0.1) is 5.92 Å². The van der Waals surface area contributed by atoms with Crippen molar-refractivity contribution in [2.24, 2.45) is 5.92 Å². The van der Waals surface area contributed by atoms with Crippen LogP contribution < -0.4 is 5.32 Å². The van der Waals surface area contributed by atoms with Crippen LogP contribution in [0.15, 0.2) is 4.52 Å². The van der Waals surface area contributed by atoms with Crippen LogP contribution in [0.4, 0.5) is 0 Å². The SMILES string of the molecule is CCC1CCC(c2noc(C3COCC3NC)n2)CC1. The van der Waals surface area contributed by atoms with Gasteiger partial charge in [0.15, 0.2) is 5.82 Å². The fourth-order valence-electron chi connectivity index (χ4n) is 3.47. The number of likely N-dealkylation sites (N-methyl/N-ethyl adjacent to an activating group) is 1. The van der Waals surface area contributed by atoms with E-state index in [4.69, 9.17) is 9.26 Å². The zero-order valence-electron chi connectivity index (χ0n) is 12.5. The third-order valence-electron chi connectivity index (χ3n) is 5.02. The second-order valence-corrected chi connectivity index (χ2v) is 6.16. The highest BCUT2D eigenvalue weighted by molar-refractivity contribution is 5.05. The molecule has 0 bridgehead atoms. The van der Waals surface area contributed by atoms with Crippen LogP contribution in [0.2, 0.25) is 0 Å². The summed E-state index contributed by atoms with van der Waals surface area (Å²) in [7, 11) is 1.95. The second-order valence-electron chi connectivity index (χ2n) is 6.16. The Balaban J connectivity index is 1.65. The van der Waals surface area contributed by atoms with Gasteiger partial charge in [0.2, 0.25) is 5.89 Å². The first-order valence-corrected chi connectivity index (χ1v) is 7.90. The maximum absolute atomic E-state index is 5.51. The molecule has 2 fully saturated rings. The summed E-state index contributed by atoms with van der Waals surface area (Å²) in [6.45, 7) is 3.69. The maximum Gasteiger partial charge on any atom is 0.233 e. The van der Waals surface area contributed by atoms with Gasteiger partial charge in [-0.25, -0.2) is 0 Å². The molecule has 0 aromatic carbocycles. The van der Waals surface area contributed by atoms with Gasteiger partial charge in [-0.3, -0.25) is 0 Å². The minimum atomic E-state index is 0.202. The Morgan fingerprint density at radius 2 is 2.00 bits per heavy atom. The number of aromatic nitrogens is 2. The van der Waals surface area contributed by atoms with Crippen LogP contribution in [0.5, 0.6) is 0 Å². The van der Waals surface area contributed by atoms with E-state index in [-0.39, 0.29) is 5.92 Å². The molecule has 2 aliphatic rings. The number of rotatable bonds is 4. The van der Waals surface area contributed by atoms with E-state index >= 15 is 0 Å². The Labute approximate surface area is 120 Å². The van der Waals surface area contributed by atoms with Gasteiger partial charge in [0.25, 0.3) is 0 Å². The first-order valence-electron chi connectivity index (χ1n) is 7.90. The summed E-state index contributed by atoms with van der Waals surface area (Å²) in [4.78, 5) is 4.67. The van der Waals surface area contributed by atoms with Gasteiger partial charge in [0.1, 0.15) is 0 Å². The van der Waals surface area contributed by atoms with Crippen molar-refractivity contribution in [1.29, 1.82) is 0 Å². The molecule has 2 unspecified atom stereocenters. The Morgan fingerprint density at radius 3 is 2.70 bits per heavy atom. The minimum Gasteiger partial charge on any atom is -0.379 e. The summed E-state index contributed by atoms with van der Waals surface area (Å²) in [6, 6.07) is 0.291. The molecule has 5 nitrogen and oxygen atoms in total. The molecule has 5 heteroatoms. The summed E-state index contributed by atoms with van der Waals surface area (Å²) in [5, 5.41) is 7.50. The second kappa shape index (κ2) is 6.22. The fraction of sp³-hybridized carbons (Fsp3) is 0.867. The van der Waals surface area contributed by atoms with Gasteiger partial charge < -0.3 is 14.6 Å². The Kier molecular flexibility index (Phi) is 4.36. The molecular formula is C15H25N3O2. The van der Waals surface area contributed by atoms with Gasteiger partial charge in [0.05, 0.1) is 19.1 Å². The van der Waals surface area contributed by atoms with Crippen molar-refractivity contribution in [2.75, 3.05) is 20.3 Å². The number of nitrogens with one attached hydrogen (secondary N) is 1. The lowest BCUT2D eigenvalue weighted by Gasteiger charge is -2.25. The lowest BCUT2D eigenvalue weighted by atomic mass is 9.80. The Hall–Kier alpha value is -0.940. The summed E-state index contributed by atoms with van der Waals surface area (Å²) in [5.74, 6) is 3.25. The van der Waals surface area contributed by atoms with E-state index in [9.17, 15) is 0 Å². The molecule has 3 rings (SSSR count). The smallest absolute Gasteiger partial charge is 0.233 e. The molecule has 0 amide bonds. The number of hydrogen-bond acceptors (Lipinski definition) is 5. The molecule has 112 valence electrons. The Bertz CT molecular complexity index is 427. The van der Waals surface area contributed by atoms with Crippen molar-refractivity contribution in [3.8, 4) is 0 Å². The van der Waals surface area contributed by atoms with Gasteiger partial charge in [-0.05, 0) is 38.6 Å². The maximum atomic E-state index is 5.51. The average molecular weight is 279 g/mol. The molecule has 1 aromatic rings. The number of nitrogens with zero attached hydrogens (tertiary/aromatic N) is 2. The van der Waals surface area contributed by atoms with Gasteiger partial charge in [-0.1, -0.05) is 18.5 Å². The van der Waals surface area contributed by atoms with Gasteiger partial charge in [-0.15, -0.1) is 0 Å². The third-order valence-corrected chi connectivity index (χ3v) is 5.02. The largest absolute Gasteiger partial charge is 0.379 e. The van der Waals surface area contributed by atoms with Crippen molar-refractivity contribution >= 4 is 0 Å². The summed E-state index contributed by atoms with van der Waals surface area (Å²) < 4.78 is 11.0. The van der Waals surface area contributed by atoms with Crippen molar-refractivity contribution in [2.45, 2.75) is 56.9 Å². The molecule has 20 heavy (non-hydrogen) atoms. The standard InChI is InChI=1S/C15H25N3O2/c1-3-10-4-6-11(7-5-10)14-17-15(20-18-14)12-8-19-9-13(12)16-2/h10-13,16H,3-9H2,1-2H3. The van der Waals surface area contributed by atoms with E-state index in [1.807, 2.05) is 7.05 Å². The highest BCUT2D eigenvalue weighted by Crippen LogP contribution is 2.36. The monoisotopic (exact) mass is 279 g/mol. The van der Waals surface area contributed by atoms with Crippen LogP contribution in [-0.2, 0) is 4.74 Å². The molecule has 1 N–H and O–H groups in total. The molecule has 1 saturated carbocycles. The highest BCUT2D eigenvalue weighted by atomic mass is 16.5.